The lowest BCUT2D eigenvalue weighted by Crippen LogP contribution is -2.56. The van der Waals surface area contributed by atoms with Crippen molar-refractivity contribution in [1.29, 1.82) is 0 Å². The van der Waals surface area contributed by atoms with Gasteiger partial charge >= 0.3 is 5.97 Å². The standard InChI is InChI=1S/C12H13NO3S/c1-8(14)16-11-10(13(17-2)12(11)15)9-6-4-3-5-7-9/h3-7,10-11H,1-2H3/t10-,11+/m0/s1. The molecule has 4 nitrogen and oxygen atoms in total. The van der Waals surface area contributed by atoms with Crippen LogP contribution in [0.5, 0.6) is 0 Å². The van der Waals surface area contributed by atoms with Crippen molar-refractivity contribution in [1.82, 2.24) is 4.31 Å². The maximum Gasteiger partial charge on any atom is 0.303 e. The van der Waals surface area contributed by atoms with E-state index in [4.69, 9.17) is 4.74 Å². The molecule has 2 atom stereocenters. The molecule has 1 aliphatic rings. The fourth-order valence-electron chi connectivity index (χ4n) is 1.90. The molecule has 17 heavy (non-hydrogen) atoms. The third-order valence-corrected chi connectivity index (χ3v) is 3.43. The molecular formula is C12H13NO3S. The smallest absolute Gasteiger partial charge is 0.303 e. The minimum atomic E-state index is -0.678. The van der Waals surface area contributed by atoms with E-state index < -0.39 is 12.1 Å². The Labute approximate surface area is 104 Å². The molecule has 0 saturated carbocycles. The topological polar surface area (TPSA) is 46.6 Å². The zero-order valence-electron chi connectivity index (χ0n) is 9.62. The Hall–Kier alpha value is -1.49. The molecule has 0 radical (unpaired) electrons. The second kappa shape index (κ2) is 4.79. The Kier molecular flexibility index (Phi) is 3.38. The molecule has 5 heteroatoms. The first-order valence-electron chi connectivity index (χ1n) is 5.24. The summed E-state index contributed by atoms with van der Waals surface area (Å²) in [6.07, 6.45) is 1.15. The fourth-order valence-corrected chi connectivity index (χ4v) is 2.64. The van der Waals surface area contributed by atoms with Crippen LogP contribution in [0, 0.1) is 0 Å². The van der Waals surface area contributed by atoms with Gasteiger partial charge < -0.3 is 4.74 Å². The first-order valence-corrected chi connectivity index (χ1v) is 6.42. The third kappa shape index (κ3) is 2.15. The average Bonchev–Trinajstić information content (AvgIpc) is 2.33. The molecule has 1 heterocycles. The van der Waals surface area contributed by atoms with Crippen LogP contribution in [0.25, 0.3) is 0 Å². The quantitative estimate of drug-likeness (QED) is 0.467. The second-order valence-corrected chi connectivity index (χ2v) is 4.49. The van der Waals surface area contributed by atoms with Crippen LogP contribution in [0.1, 0.15) is 18.5 Å². The van der Waals surface area contributed by atoms with Crippen LogP contribution in [0.3, 0.4) is 0 Å². The molecule has 90 valence electrons. The highest BCUT2D eigenvalue weighted by Crippen LogP contribution is 2.40. The van der Waals surface area contributed by atoms with Crippen LogP contribution in [-0.2, 0) is 14.3 Å². The molecule has 2 rings (SSSR count). The van der Waals surface area contributed by atoms with Crippen molar-refractivity contribution < 1.29 is 14.3 Å². The number of rotatable bonds is 3. The van der Waals surface area contributed by atoms with E-state index in [0.717, 1.165) is 5.56 Å². The first kappa shape index (κ1) is 12.0. The molecule has 1 saturated heterocycles. The fraction of sp³-hybridized carbons (Fsp3) is 0.333. The molecule has 1 amide bonds. The Morgan fingerprint density at radius 2 is 2.00 bits per heavy atom. The van der Waals surface area contributed by atoms with Gasteiger partial charge in [0.2, 0.25) is 6.10 Å². The molecule has 0 aliphatic carbocycles. The van der Waals surface area contributed by atoms with Crippen LogP contribution < -0.4 is 0 Å². The van der Waals surface area contributed by atoms with Gasteiger partial charge in [0.05, 0.1) is 0 Å². The van der Waals surface area contributed by atoms with Crippen LogP contribution in [0.2, 0.25) is 0 Å². The van der Waals surface area contributed by atoms with Crippen molar-refractivity contribution in [2.45, 2.75) is 19.1 Å². The zero-order valence-corrected chi connectivity index (χ0v) is 10.4. The summed E-state index contributed by atoms with van der Waals surface area (Å²) in [5, 5.41) is 0. The van der Waals surface area contributed by atoms with E-state index in [2.05, 4.69) is 0 Å². The van der Waals surface area contributed by atoms with E-state index in [1.807, 2.05) is 36.6 Å². The Morgan fingerprint density at radius 3 is 2.53 bits per heavy atom. The van der Waals surface area contributed by atoms with Crippen molar-refractivity contribution in [3.8, 4) is 0 Å². The maximum atomic E-state index is 11.7. The van der Waals surface area contributed by atoms with E-state index in [-0.39, 0.29) is 11.9 Å². The van der Waals surface area contributed by atoms with Gasteiger partial charge in [-0.25, -0.2) is 0 Å². The normalized spacial score (nSPS) is 23.2. The van der Waals surface area contributed by atoms with E-state index in [1.54, 1.807) is 4.31 Å². The molecule has 1 aromatic rings. The summed E-state index contributed by atoms with van der Waals surface area (Å²) in [6.45, 7) is 1.32. The van der Waals surface area contributed by atoms with E-state index in [1.165, 1.54) is 18.9 Å². The van der Waals surface area contributed by atoms with Crippen LogP contribution in [-0.4, -0.2) is 28.5 Å². The highest BCUT2D eigenvalue weighted by atomic mass is 32.2. The minimum absolute atomic E-state index is 0.151. The molecular weight excluding hydrogens is 238 g/mol. The summed E-state index contributed by atoms with van der Waals surface area (Å²) in [6, 6.07) is 9.40. The Balaban J connectivity index is 2.23. The van der Waals surface area contributed by atoms with Gasteiger partial charge in [-0.3, -0.25) is 13.9 Å². The third-order valence-electron chi connectivity index (χ3n) is 2.63. The molecule has 1 fully saturated rings. The van der Waals surface area contributed by atoms with Gasteiger partial charge in [-0.05, 0) is 5.56 Å². The highest BCUT2D eigenvalue weighted by molar-refractivity contribution is 7.96. The Bertz CT molecular complexity index is 435. The summed E-state index contributed by atoms with van der Waals surface area (Å²) in [4.78, 5) is 22.7. The number of β-lactam (4-membered cyclic amide) rings is 1. The molecule has 1 aromatic carbocycles. The zero-order chi connectivity index (χ0) is 12.4. The lowest BCUT2D eigenvalue weighted by molar-refractivity contribution is -0.173. The van der Waals surface area contributed by atoms with Crippen molar-refractivity contribution in [2.24, 2.45) is 0 Å². The summed E-state index contributed by atoms with van der Waals surface area (Å²) >= 11 is 1.35. The molecule has 0 spiro atoms. The molecule has 0 bridgehead atoms. The van der Waals surface area contributed by atoms with Gasteiger partial charge in [0, 0.05) is 13.2 Å². The largest absolute Gasteiger partial charge is 0.450 e. The summed E-state index contributed by atoms with van der Waals surface area (Å²) in [5.41, 5.74) is 0.979. The molecule has 0 aromatic heterocycles. The summed E-state index contributed by atoms with van der Waals surface area (Å²) < 4.78 is 6.68. The number of benzene rings is 1. The van der Waals surface area contributed by atoms with Crippen molar-refractivity contribution in [3.05, 3.63) is 35.9 Å². The van der Waals surface area contributed by atoms with Gasteiger partial charge in [-0.15, -0.1) is 0 Å². The SMILES string of the molecule is CSN1C(=O)[C@H](OC(C)=O)[C@@H]1c1ccccc1. The van der Waals surface area contributed by atoms with Gasteiger partial charge in [0.1, 0.15) is 6.04 Å². The lowest BCUT2D eigenvalue weighted by atomic mass is 9.94. The van der Waals surface area contributed by atoms with Crippen LogP contribution in [0.15, 0.2) is 30.3 Å². The maximum absolute atomic E-state index is 11.7. The predicted molar refractivity (Wildman–Crippen MR) is 65.1 cm³/mol. The number of hydrogen-bond donors (Lipinski definition) is 0. The number of nitrogens with zero attached hydrogens (tertiary/aromatic N) is 1. The molecule has 0 unspecified atom stereocenters. The monoisotopic (exact) mass is 251 g/mol. The highest BCUT2D eigenvalue weighted by Gasteiger charge is 2.50. The van der Waals surface area contributed by atoms with Crippen LogP contribution in [0.4, 0.5) is 0 Å². The Morgan fingerprint density at radius 1 is 1.35 bits per heavy atom. The van der Waals surface area contributed by atoms with Crippen molar-refractivity contribution >= 4 is 23.8 Å². The van der Waals surface area contributed by atoms with E-state index in [9.17, 15) is 9.59 Å². The molecule has 0 N–H and O–H groups in total. The summed E-state index contributed by atoms with van der Waals surface area (Å²) in [7, 11) is 0. The second-order valence-electron chi connectivity index (χ2n) is 3.73. The number of ether oxygens (including phenoxy) is 1. The van der Waals surface area contributed by atoms with Crippen LogP contribution >= 0.6 is 11.9 Å². The van der Waals surface area contributed by atoms with Gasteiger partial charge in [-0.1, -0.05) is 42.3 Å². The number of amides is 1. The minimum Gasteiger partial charge on any atom is -0.450 e. The first-order chi connectivity index (χ1) is 8.15. The molecule has 1 aliphatic heterocycles. The van der Waals surface area contributed by atoms with Crippen molar-refractivity contribution in [2.75, 3.05) is 6.26 Å². The lowest BCUT2D eigenvalue weighted by Gasteiger charge is -2.44. The predicted octanol–water partition coefficient (Wildman–Crippen LogP) is 1.78. The van der Waals surface area contributed by atoms with Gasteiger partial charge in [-0.2, -0.15) is 0 Å². The summed E-state index contributed by atoms with van der Waals surface area (Å²) in [5.74, 6) is -0.577. The van der Waals surface area contributed by atoms with E-state index in [0.29, 0.717) is 0 Å². The van der Waals surface area contributed by atoms with E-state index >= 15 is 0 Å². The number of esters is 1. The van der Waals surface area contributed by atoms with Crippen molar-refractivity contribution in [3.63, 3.8) is 0 Å². The average molecular weight is 251 g/mol. The number of hydrogen-bond acceptors (Lipinski definition) is 4. The van der Waals surface area contributed by atoms with Gasteiger partial charge in [0.15, 0.2) is 0 Å². The number of carbonyl (C=O) groups excluding carboxylic acids is 2. The van der Waals surface area contributed by atoms with Gasteiger partial charge in [0.25, 0.3) is 5.91 Å². The number of carbonyl (C=O) groups is 2.